The highest BCUT2D eigenvalue weighted by molar-refractivity contribution is 8.15. The monoisotopic (exact) mass is 231 g/mol. The highest BCUT2D eigenvalue weighted by Crippen LogP contribution is 2.42. The van der Waals surface area contributed by atoms with Crippen LogP contribution in [-0.2, 0) is 0 Å². The second-order valence-electron chi connectivity index (χ2n) is 3.29. The molecule has 74 valence electrons. The van der Waals surface area contributed by atoms with Crippen molar-refractivity contribution in [1.82, 2.24) is 4.13 Å². The van der Waals surface area contributed by atoms with Crippen molar-refractivity contribution in [3.05, 3.63) is 48.5 Å². The molecule has 15 heavy (non-hydrogen) atoms. The van der Waals surface area contributed by atoms with E-state index in [9.17, 15) is 0 Å². The second-order valence-corrected chi connectivity index (χ2v) is 5.21. The first-order valence-electron chi connectivity index (χ1n) is 4.72. The molecule has 0 unspecified atom stereocenters. The molecule has 0 bridgehead atoms. The Bertz CT molecular complexity index is 482. The molecule has 1 N–H and O–H groups in total. The molecule has 1 heterocycles. The van der Waals surface area contributed by atoms with E-state index in [1.165, 1.54) is 20.9 Å². The molecular formula is C12H9NS2. The molecule has 3 heteroatoms. The van der Waals surface area contributed by atoms with Gasteiger partial charge in [0, 0.05) is 9.79 Å². The fourth-order valence-corrected chi connectivity index (χ4v) is 3.58. The van der Waals surface area contributed by atoms with Crippen LogP contribution >= 0.6 is 23.9 Å². The summed E-state index contributed by atoms with van der Waals surface area (Å²) in [4.78, 5) is 2.66. The maximum atomic E-state index is 3.23. The Balaban J connectivity index is 2.17. The summed E-state index contributed by atoms with van der Waals surface area (Å²) in [6, 6.07) is 16.9. The van der Waals surface area contributed by atoms with E-state index in [0.29, 0.717) is 0 Å². The zero-order chi connectivity index (χ0) is 10.1. The van der Waals surface area contributed by atoms with Gasteiger partial charge in [-0.1, -0.05) is 42.5 Å². The van der Waals surface area contributed by atoms with Crippen LogP contribution in [0.5, 0.6) is 0 Å². The van der Waals surface area contributed by atoms with Crippen molar-refractivity contribution in [2.45, 2.75) is 9.79 Å². The number of benzene rings is 2. The molecule has 0 saturated carbocycles. The normalized spacial score (nSPS) is 13.9. The average Bonchev–Trinajstić information content (AvgIpc) is 2.78. The maximum absolute atomic E-state index is 3.23. The van der Waals surface area contributed by atoms with Gasteiger partial charge < -0.3 is 0 Å². The summed E-state index contributed by atoms with van der Waals surface area (Å²) in [5.74, 6) is 0. The minimum atomic E-state index is 1.28. The van der Waals surface area contributed by atoms with Gasteiger partial charge in [0.25, 0.3) is 0 Å². The fourth-order valence-electron chi connectivity index (χ4n) is 1.65. The van der Waals surface area contributed by atoms with Gasteiger partial charge in [0.15, 0.2) is 0 Å². The average molecular weight is 231 g/mol. The van der Waals surface area contributed by atoms with Crippen molar-refractivity contribution < 1.29 is 0 Å². The summed E-state index contributed by atoms with van der Waals surface area (Å²) in [6.07, 6.45) is 0. The summed E-state index contributed by atoms with van der Waals surface area (Å²) < 4.78 is 3.23. The Morgan fingerprint density at radius 2 is 1.67 bits per heavy atom. The second kappa shape index (κ2) is 3.93. The third-order valence-corrected chi connectivity index (χ3v) is 4.36. The molecule has 2 aromatic rings. The van der Waals surface area contributed by atoms with E-state index in [0.717, 1.165) is 0 Å². The topological polar surface area (TPSA) is 12.0 Å². The van der Waals surface area contributed by atoms with Gasteiger partial charge in [0.2, 0.25) is 0 Å². The molecule has 1 aliphatic heterocycles. The van der Waals surface area contributed by atoms with E-state index >= 15 is 0 Å². The van der Waals surface area contributed by atoms with E-state index in [4.69, 9.17) is 0 Å². The molecule has 1 aliphatic rings. The lowest BCUT2D eigenvalue weighted by Gasteiger charge is -2.05. The highest BCUT2D eigenvalue weighted by Gasteiger charge is 2.16. The van der Waals surface area contributed by atoms with Gasteiger partial charge >= 0.3 is 0 Å². The lowest BCUT2D eigenvalue weighted by Crippen LogP contribution is -1.81. The number of rotatable bonds is 1. The van der Waals surface area contributed by atoms with Crippen LogP contribution in [0, 0.1) is 0 Å². The molecule has 0 saturated heterocycles. The van der Waals surface area contributed by atoms with Crippen LogP contribution in [0.1, 0.15) is 0 Å². The van der Waals surface area contributed by atoms with Crippen molar-refractivity contribution in [3.8, 4) is 11.1 Å². The Labute approximate surface area is 97.5 Å². The Morgan fingerprint density at radius 3 is 2.53 bits per heavy atom. The van der Waals surface area contributed by atoms with E-state index in [2.05, 4.69) is 46.6 Å². The van der Waals surface area contributed by atoms with Crippen molar-refractivity contribution >= 4 is 23.9 Å². The summed E-state index contributed by atoms with van der Waals surface area (Å²) in [6.45, 7) is 0. The quantitative estimate of drug-likeness (QED) is 0.746. The first-order chi connectivity index (χ1) is 7.45. The zero-order valence-corrected chi connectivity index (χ0v) is 9.57. The fraction of sp³-hybridized carbons (Fsp3) is 0. The molecular weight excluding hydrogens is 222 g/mol. The Hall–Kier alpha value is -0.900. The minimum absolute atomic E-state index is 1.28. The molecule has 0 amide bonds. The van der Waals surface area contributed by atoms with Crippen LogP contribution in [-0.4, -0.2) is 0 Å². The summed E-state index contributed by atoms with van der Waals surface area (Å²) in [5, 5.41) is 0. The predicted octanol–water partition coefficient (Wildman–Crippen LogP) is 3.97. The summed E-state index contributed by atoms with van der Waals surface area (Å²) in [5.41, 5.74) is 2.60. The maximum Gasteiger partial charge on any atom is 0.0464 e. The first-order valence-corrected chi connectivity index (χ1v) is 6.35. The van der Waals surface area contributed by atoms with Gasteiger partial charge in [-0.15, -0.1) is 0 Å². The predicted molar refractivity (Wildman–Crippen MR) is 66.7 cm³/mol. The number of hydrogen-bond acceptors (Lipinski definition) is 3. The standard InChI is InChI=1S/C12H9NS2/c1-2-5-9(6-3-1)10-7-4-8-11-12(10)15-13-14-11/h1-8,13H. The molecule has 0 aliphatic carbocycles. The lowest BCUT2D eigenvalue weighted by molar-refractivity contribution is 1.27. The van der Waals surface area contributed by atoms with Crippen LogP contribution in [0.4, 0.5) is 0 Å². The molecule has 3 rings (SSSR count). The van der Waals surface area contributed by atoms with Crippen LogP contribution in [0.3, 0.4) is 0 Å². The Kier molecular flexibility index (Phi) is 2.44. The zero-order valence-electron chi connectivity index (χ0n) is 7.94. The minimum Gasteiger partial charge on any atom is -0.199 e. The lowest BCUT2D eigenvalue weighted by atomic mass is 10.1. The van der Waals surface area contributed by atoms with Gasteiger partial charge in [-0.3, -0.25) is 0 Å². The van der Waals surface area contributed by atoms with Crippen molar-refractivity contribution in [1.29, 1.82) is 0 Å². The molecule has 1 nitrogen and oxygen atoms in total. The molecule has 0 aromatic heterocycles. The number of fused-ring (bicyclic) bond motifs is 1. The van der Waals surface area contributed by atoms with Gasteiger partial charge in [-0.05, 0) is 41.1 Å². The smallest absolute Gasteiger partial charge is 0.0464 e. The molecule has 2 aromatic carbocycles. The van der Waals surface area contributed by atoms with Gasteiger partial charge in [-0.25, -0.2) is 0 Å². The van der Waals surface area contributed by atoms with E-state index in [1.54, 1.807) is 23.9 Å². The molecule has 0 fully saturated rings. The SMILES string of the molecule is c1ccc(-c2cccc3c2SNS3)cc1. The van der Waals surface area contributed by atoms with E-state index in [-0.39, 0.29) is 0 Å². The summed E-state index contributed by atoms with van der Waals surface area (Å²) >= 11 is 3.39. The highest BCUT2D eigenvalue weighted by atomic mass is 32.2. The van der Waals surface area contributed by atoms with Crippen LogP contribution in [0.25, 0.3) is 11.1 Å². The number of hydrogen-bond donors (Lipinski definition) is 1. The van der Waals surface area contributed by atoms with Crippen LogP contribution < -0.4 is 4.13 Å². The third kappa shape index (κ3) is 1.67. The van der Waals surface area contributed by atoms with Gasteiger partial charge in [-0.2, -0.15) is 4.13 Å². The molecule has 0 atom stereocenters. The van der Waals surface area contributed by atoms with Crippen molar-refractivity contribution in [2.24, 2.45) is 0 Å². The molecule has 0 radical (unpaired) electrons. The van der Waals surface area contributed by atoms with Crippen LogP contribution in [0.2, 0.25) is 0 Å². The first kappa shape index (κ1) is 9.33. The molecule has 0 spiro atoms. The third-order valence-electron chi connectivity index (χ3n) is 2.36. The van der Waals surface area contributed by atoms with Crippen molar-refractivity contribution in [2.75, 3.05) is 0 Å². The van der Waals surface area contributed by atoms with Gasteiger partial charge in [0.1, 0.15) is 0 Å². The largest absolute Gasteiger partial charge is 0.199 e. The van der Waals surface area contributed by atoms with E-state index in [1.807, 2.05) is 6.07 Å². The van der Waals surface area contributed by atoms with E-state index < -0.39 is 0 Å². The summed E-state index contributed by atoms with van der Waals surface area (Å²) in [7, 11) is 0. The number of nitrogens with one attached hydrogen (secondary N) is 1. The van der Waals surface area contributed by atoms with Crippen LogP contribution in [0.15, 0.2) is 58.3 Å². The van der Waals surface area contributed by atoms with Crippen molar-refractivity contribution in [3.63, 3.8) is 0 Å². The Morgan fingerprint density at radius 1 is 0.800 bits per heavy atom. The van der Waals surface area contributed by atoms with Gasteiger partial charge in [0.05, 0.1) is 0 Å².